The van der Waals surface area contributed by atoms with Gasteiger partial charge in [-0.05, 0) is 25.7 Å². The lowest BCUT2D eigenvalue weighted by atomic mass is 10.0. The summed E-state index contributed by atoms with van der Waals surface area (Å²) in [5.74, 6) is 3.24. The normalized spacial score (nSPS) is 31.1. The van der Waals surface area contributed by atoms with Crippen LogP contribution in [0.5, 0.6) is 0 Å². The van der Waals surface area contributed by atoms with Crippen LogP contribution in [-0.4, -0.2) is 20.8 Å². The highest BCUT2D eigenvalue weighted by molar-refractivity contribution is 5.11. The molecule has 4 heteroatoms. The predicted molar refractivity (Wildman–Crippen MR) is 57.5 cm³/mol. The van der Waals surface area contributed by atoms with Gasteiger partial charge in [-0.2, -0.15) is 5.10 Å². The van der Waals surface area contributed by atoms with Gasteiger partial charge in [-0.25, -0.2) is 4.98 Å². The first kappa shape index (κ1) is 9.33. The third-order valence-electron chi connectivity index (χ3n) is 3.66. The molecule has 2 saturated carbocycles. The van der Waals surface area contributed by atoms with Crippen molar-refractivity contribution in [3.63, 3.8) is 0 Å². The number of nitrogens with two attached hydrogens (primary N) is 1. The molecule has 82 valence electrons. The van der Waals surface area contributed by atoms with E-state index in [1.54, 1.807) is 0 Å². The van der Waals surface area contributed by atoms with Gasteiger partial charge in [0.15, 0.2) is 5.82 Å². The minimum atomic E-state index is 0.292. The molecule has 1 aromatic heterocycles. The van der Waals surface area contributed by atoms with Gasteiger partial charge in [0.2, 0.25) is 0 Å². The Hall–Kier alpha value is -0.900. The molecule has 15 heavy (non-hydrogen) atoms. The second-order valence-corrected chi connectivity index (χ2v) is 4.93. The van der Waals surface area contributed by atoms with Gasteiger partial charge >= 0.3 is 0 Å². The minimum absolute atomic E-state index is 0.292. The van der Waals surface area contributed by atoms with Crippen molar-refractivity contribution in [2.45, 2.75) is 50.0 Å². The molecule has 2 atom stereocenters. The fraction of sp³-hybridized carbons (Fsp3) is 0.818. The lowest BCUT2D eigenvalue weighted by Crippen LogP contribution is -2.25. The van der Waals surface area contributed by atoms with Gasteiger partial charge in [0, 0.05) is 24.9 Å². The van der Waals surface area contributed by atoms with Crippen molar-refractivity contribution in [1.29, 1.82) is 0 Å². The van der Waals surface area contributed by atoms with E-state index in [1.165, 1.54) is 25.7 Å². The van der Waals surface area contributed by atoms with E-state index in [0.717, 1.165) is 18.1 Å². The molecule has 2 aliphatic rings. The van der Waals surface area contributed by atoms with Gasteiger partial charge in [-0.3, -0.25) is 4.68 Å². The molecule has 4 nitrogen and oxygen atoms in total. The summed E-state index contributed by atoms with van der Waals surface area (Å²) in [6.45, 7) is 0. The molecule has 0 spiro atoms. The van der Waals surface area contributed by atoms with Crippen molar-refractivity contribution >= 4 is 0 Å². The van der Waals surface area contributed by atoms with Crippen molar-refractivity contribution < 1.29 is 0 Å². The number of nitrogens with zero attached hydrogens (tertiary/aromatic N) is 3. The number of rotatable bonds is 2. The van der Waals surface area contributed by atoms with Crippen molar-refractivity contribution in [2.24, 2.45) is 12.8 Å². The maximum atomic E-state index is 6.10. The molecule has 2 aliphatic carbocycles. The summed E-state index contributed by atoms with van der Waals surface area (Å²) in [5.41, 5.74) is 6.10. The van der Waals surface area contributed by atoms with Crippen molar-refractivity contribution in [3.8, 4) is 0 Å². The molecule has 0 bridgehead atoms. The number of aryl methyl sites for hydroxylation is 1. The first-order valence-corrected chi connectivity index (χ1v) is 5.92. The highest BCUT2D eigenvalue weighted by atomic mass is 15.3. The van der Waals surface area contributed by atoms with E-state index in [-0.39, 0.29) is 0 Å². The second-order valence-electron chi connectivity index (χ2n) is 4.93. The zero-order valence-electron chi connectivity index (χ0n) is 9.19. The maximum Gasteiger partial charge on any atom is 0.154 e. The molecule has 0 radical (unpaired) electrons. The third-order valence-corrected chi connectivity index (χ3v) is 3.66. The van der Waals surface area contributed by atoms with Crippen LogP contribution in [0, 0.1) is 0 Å². The van der Waals surface area contributed by atoms with Crippen LogP contribution >= 0.6 is 0 Å². The molecule has 3 rings (SSSR count). The largest absolute Gasteiger partial charge is 0.327 e. The molecule has 1 aromatic rings. The Balaban J connectivity index is 1.89. The van der Waals surface area contributed by atoms with Gasteiger partial charge < -0.3 is 5.73 Å². The van der Waals surface area contributed by atoms with Gasteiger partial charge in [0.1, 0.15) is 5.82 Å². The lowest BCUT2D eigenvalue weighted by molar-refractivity contribution is 0.545. The van der Waals surface area contributed by atoms with Crippen LogP contribution in [0.15, 0.2) is 0 Å². The summed E-state index contributed by atoms with van der Waals surface area (Å²) in [6.07, 6.45) is 6.08. The molecule has 2 unspecified atom stereocenters. The molecule has 0 saturated heterocycles. The molecule has 2 N–H and O–H groups in total. The Morgan fingerprint density at radius 3 is 2.67 bits per heavy atom. The highest BCUT2D eigenvalue weighted by Crippen LogP contribution is 2.39. The number of hydrogen-bond acceptors (Lipinski definition) is 3. The first-order valence-electron chi connectivity index (χ1n) is 5.92. The van der Waals surface area contributed by atoms with E-state index < -0.39 is 0 Å². The zero-order chi connectivity index (χ0) is 10.4. The van der Waals surface area contributed by atoms with Crippen LogP contribution in [0.2, 0.25) is 0 Å². The fourth-order valence-corrected chi connectivity index (χ4v) is 2.56. The van der Waals surface area contributed by atoms with Crippen LogP contribution in [0.1, 0.15) is 55.6 Å². The standard InChI is InChI=1S/C11H18N4/c1-15-11(8-3-2-4-9(8)12)13-10(14-15)7-5-6-7/h7-9H,2-6,12H2,1H3. The second kappa shape index (κ2) is 3.30. The summed E-state index contributed by atoms with van der Waals surface area (Å²) in [7, 11) is 2.00. The molecular weight excluding hydrogens is 188 g/mol. The average molecular weight is 206 g/mol. The summed E-state index contributed by atoms with van der Waals surface area (Å²) in [5, 5.41) is 4.50. The van der Waals surface area contributed by atoms with Crippen molar-refractivity contribution in [2.75, 3.05) is 0 Å². The van der Waals surface area contributed by atoms with Gasteiger partial charge in [0.25, 0.3) is 0 Å². The zero-order valence-corrected chi connectivity index (χ0v) is 9.19. The van der Waals surface area contributed by atoms with Crippen LogP contribution in [0.3, 0.4) is 0 Å². The number of aromatic nitrogens is 3. The Morgan fingerprint density at radius 1 is 1.27 bits per heavy atom. The molecule has 0 amide bonds. The van der Waals surface area contributed by atoms with Gasteiger partial charge in [-0.1, -0.05) is 6.42 Å². The molecule has 1 heterocycles. The Labute approximate surface area is 89.9 Å². The van der Waals surface area contributed by atoms with E-state index in [4.69, 9.17) is 5.73 Å². The maximum absolute atomic E-state index is 6.10. The number of hydrogen-bond donors (Lipinski definition) is 1. The predicted octanol–water partition coefficient (Wildman–Crippen LogP) is 1.29. The topological polar surface area (TPSA) is 56.7 Å². The minimum Gasteiger partial charge on any atom is -0.327 e. The smallest absolute Gasteiger partial charge is 0.154 e. The van der Waals surface area contributed by atoms with E-state index in [2.05, 4.69) is 10.1 Å². The van der Waals surface area contributed by atoms with Crippen LogP contribution in [0.25, 0.3) is 0 Å². The molecule has 2 fully saturated rings. The molecular formula is C11H18N4. The summed E-state index contributed by atoms with van der Waals surface area (Å²) >= 11 is 0. The van der Waals surface area contributed by atoms with E-state index in [9.17, 15) is 0 Å². The van der Waals surface area contributed by atoms with Crippen LogP contribution in [0.4, 0.5) is 0 Å². The van der Waals surface area contributed by atoms with E-state index in [0.29, 0.717) is 17.9 Å². The van der Waals surface area contributed by atoms with E-state index in [1.807, 2.05) is 11.7 Å². The monoisotopic (exact) mass is 206 g/mol. The molecule has 0 aliphatic heterocycles. The van der Waals surface area contributed by atoms with Crippen molar-refractivity contribution in [3.05, 3.63) is 11.6 Å². The van der Waals surface area contributed by atoms with Gasteiger partial charge in [0.05, 0.1) is 0 Å². The highest BCUT2D eigenvalue weighted by Gasteiger charge is 2.33. The van der Waals surface area contributed by atoms with Crippen LogP contribution < -0.4 is 5.73 Å². The average Bonchev–Trinajstić information content (AvgIpc) is 2.87. The first-order chi connectivity index (χ1) is 7.25. The Morgan fingerprint density at radius 2 is 2.07 bits per heavy atom. The SMILES string of the molecule is Cn1nc(C2CC2)nc1C1CCCC1N. The molecule has 0 aromatic carbocycles. The quantitative estimate of drug-likeness (QED) is 0.793. The Kier molecular flexibility index (Phi) is 2.06. The summed E-state index contributed by atoms with van der Waals surface area (Å²) in [6, 6.07) is 0.292. The third kappa shape index (κ3) is 1.57. The lowest BCUT2D eigenvalue weighted by Gasteiger charge is -2.13. The van der Waals surface area contributed by atoms with Gasteiger partial charge in [-0.15, -0.1) is 0 Å². The van der Waals surface area contributed by atoms with E-state index >= 15 is 0 Å². The van der Waals surface area contributed by atoms with Crippen molar-refractivity contribution in [1.82, 2.24) is 14.8 Å². The fourth-order valence-electron chi connectivity index (χ4n) is 2.56. The Bertz CT molecular complexity index is 367. The summed E-state index contributed by atoms with van der Waals surface area (Å²) < 4.78 is 1.95. The van der Waals surface area contributed by atoms with Crippen LogP contribution in [-0.2, 0) is 7.05 Å². The summed E-state index contributed by atoms with van der Waals surface area (Å²) in [4.78, 5) is 4.68.